The van der Waals surface area contributed by atoms with Gasteiger partial charge >= 0.3 is 0 Å². The first-order valence-corrected chi connectivity index (χ1v) is 8.20. The molecule has 0 amide bonds. The Kier molecular flexibility index (Phi) is 3.55. The molecule has 24 heavy (non-hydrogen) atoms. The van der Waals surface area contributed by atoms with Crippen molar-refractivity contribution in [3.05, 3.63) is 107 Å². The van der Waals surface area contributed by atoms with E-state index >= 15 is 0 Å². The minimum Gasteiger partial charge on any atom is -0.380 e. The maximum atomic E-state index is 12.8. The van der Waals surface area contributed by atoms with Crippen molar-refractivity contribution in [2.75, 3.05) is 0 Å². The third-order valence-corrected chi connectivity index (χ3v) is 4.85. The van der Waals surface area contributed by atoms with Crippen LogP contribution in [0.2, 0.25) is 0 Å². The van der Waals surface area contributed by atoms with E-state index in [1.807, 2.05) is 54.6 Å². The second kappa shape index (κ2) is 5.73. The third kappa shape index (κ3) is 2.27. The van der Waals surface area contributed by atoms with Crippen molar-refractivity contribution in [2.24, 2.45) is 0 Å². The first-order chi connectivity index (χ1) is 11.7. The smallest absolute Gasteiger partial charge is 0.193 e. The lowest BCUT2D eigenvalue weighted by atomic mass is 9.72. The molecule has 0 saturated heterocycles. The molecule has 4 rings (SSSR count). The van der Waals surface area contributed by atoms with Crippen LogP contribution in [0.4, 0.5) is 0 Å². The number of carbonyl (C=O) groups is 1. The number of aliphatic hydroxyl groups is 1. The van der Waals surface area contributed by atoms with Gasteiger partial charge in [0.25, 0.3) is 0 Å². The second-order valence-corrected chi connectivity index (χ2v) is 6.27. The van der Waals surface area contributed by atoms with Gasteiger partial charge in [-0.3, -0.25) is 4.79 Å². The molecule has 0 heterocycles. The lowest BCUT2D eigenvalue weighted by molar-refractivity contribution is 0.0640. The van der Waals surface area contributed by atoms with E-state index in [9.17, 15) is 9.90 Å². The van der Waals surface area contributed by atoms with Crippen LogP contribution in [0.15, 0.2) is 78.9 Å². The van der Waals surface area contributed by atoms with E-state index in [0.29, 0.717) is 28.7 Å². The van der Waals surface area contributed by atoms with Crippen LogP contribution in [-0.4, -0.2) is 10.9 Å². The number of ketones is 1. The number of carbonyl (C=O) groups excluding carboxylic acids is 1. The average molecular weight is 314 g/mol. The van der Waals surface area contributed by atoms with Crippen LogP contribution in [0.5, 0.6) is 0 Å². The van der Waals surface area contributed by atoms with E-state index in [0.717, 1.165) is 6.42 Å². The highest BCUT2D eigenvalue weighted by molar-refractivity contribution is 6.13. The van der Waals surface area contributed by atoms with Crippen molar-refractivity contribution >= 4 is 5.78 Å². The molecule has 0 aromatic heterocycles. The molecule has 1 aliphatic carbocycles. The molecule has 0 unspecified atom stereocenters. The maximum Gasteiger partial charge on any atom is 0.193 e. The lowest BCUT2D eigenvalue weighted by Gasteiger charge is -2.36. The lowest BCUT2D eigenvalue weighted by Crippen LogP contribution is -2.36. The van der Waals surface area contributed by atoms with Crippen molar-refractivity contribution in [3.8, 4) is 0 Å². The molecular weight excluding hydrogens is 296 g/mol. The van der Waals surface area contributed by atoms with Gasteiger partial charge in [-0.25, -0.2) is 0 Å². The van der Waals surface area contributed by atoms with Gasteiger partial charge in [0.05, 0.1) is 0 Å². The summed E-state index contributed by atoms with van der Waals surface area (Å²) in [6, 6.07) is 24.9. The second-order valence-electron chi connectivity index (χ2n) is 6.27. The molecule has 0 fully saturated rings. The van der Waals surface area contributed by atoms with Gasteiger partial charge in [-0.2, -0.15) is 0 Å². The molecule has 3 aromatic carbocycles. The Hall–Kier alpha value is -2.71. The highest BCUT2D eigenvalue weighted by Crippen LogP contribution is 2.42. The van der Waals surface area contributed by atoms with E-state index < -0.39 is 5.60 Å². The Morgan fingerprint density at radius 2 is 1.21 bits per heavy atom. The van der Waals surface area contributed by atoms with E-state index in [1.54, 1.807) is 12.1 Å². The largest absolute Gasteiger partial charge is 0.380 e. The van der Waals surface area contributed by atoms with E-state index in [2.05, 4.69) is 12.1 Å². The van der Waals surface area contributed by atoms with Gasteiger partial charge in [0.2, 0.25) is 0 Å². The van der Waals surface area contributed by atoms with Gasteiger partial charge in [-0.15, -0.1) is 0 Å². The van der Waals surface area contributed by atoms with Crippen molar-refractivity contribution in [3.63, 3.8) is 0 Å². The molecule has 3 aromatic rings. The van der Waals surface area contributed by atoms with Gasteiger partial charge in [-0.1, -0.05) is 78.9 Å². The first kappa shape index (κ1) is 14.9. The SMILES string of the molecule is O=C1c2ccccc2C(O)(CCc2ccccc2)c2ccccc21. The summed E-state index contributed by atoms with van der Waals surface area (Å²) < 4.78 is 0. The number of benzene rings is 3. The fourth-order valence-electron chi connectivity index (χ4n) is 3.61. The van der Waals surface area contributed by atoms with Gasteiger partial charge in [0, 0.05) is 11.1 Å². The van der Waals surface area contributed by atoms with Crippen LogP contribution in [-0.2, 0) is 12.0 Å². The summed E-state index contributed by atoms with van der Waals surface area (Å²) in [5, 5.41) is 11.6. The molecule has 1 aliphatic rings. The van der Waals surface area contributed by atoms with Gasteiger partial charge < -0.3 is 5.11 Å². The van der Waals surface area contributed by atoms with E-state index in [4.69, 9.17) is 0 Å². The summed E-state index contributed by atoms with van der Waals surface area (Å²) in [4.78, 5) is 12.8. The van der Waals surface area contributed by atoms with Crippen molar-refractivity contribution < 1.29 is 9.90 Å². The van der Waals surface area contributed by atoms with Gasteiger partial charge in [0.1, 0.15) is 5.60 Å². The summed E-state index contributed by atoms with van der Waals surface area (Å²) in [6.45, 7) is 0. The average Bonchev–Trinajstić information content (AvgIpc) is 2.66. The van der Waals surface area contributed by atoms with Crippen molar-refractivity contribution in [1.82, 2.24) is 0 Å². The van der Waals surface area contributed by atoms with E-state index in [1.165, 1.54) is 5.56 Å². The Morgan fingerprint density at radius 3 is 1.79 bits per heavy atom. The Balaban J connectivity index is 1.82. The van der Waals surface area contributed by atoms with Crippen LogP contribution in [0, 0.1) is 0 Å². The first-order valence-electron chi connectivity index (χ1n) is 8.20. The molecule has 2 heteroatoms. The quantitative estimate of drug-likeness (QED) is 0.790. The van der Waals surface area contributed by atoms with Crippen LogP contribution < -0.4 is 0 Å². The highest BCUT2D eigenvalue weighted by atomic mass is 16.3. The summed E-state index contributed by atoms with van der Waals surface area (Å²) in [6.07, 6.45) is 1.28. The number of rotatable bonds is 3. The standard InChI is InChI=1S/C22H18O2/c23-21-17-10-4-6-12-19(17)22(24,20-13-7-5-11-18(20)21)15-14-16-8-2-1-3-9-16/h1-13,24H,14-15H2. The molecule has 2 nitrogen and oxygen atoms in total. The molecule has 0 aliphatic heterocycles. The third-order valence-electron chi connectivity index (χ3n) is 4.85. The maximum absolute atomic E-state index is 12.8. The fraction of sp³-hybridized carbons (Fsp3) is 0.136. The van der Waals surface area contributed by atoms with Gasteiger partial charge in [0.15, 0.2) is 5.78 Å². The molecule has 0 radical (unpaired) electrons. The number of fused-ring (bicyclic) bond motifs is 2. The van der Waals surface area contributed by atoms with Crippen LogP contribution in [0.1, 0.15) is 39.0 Å². The molecule has 0 bridgehead atoms. The number of hydrogen-bond acceptors (Lipinski definition) is 2. The topological polar surface area (TPSA) is 37.3 Å². The van der Waals surface area contributed by atoms with Crippen LogP contribution >= 0.6 is 0 Å². The minimum absolute atomic E-state index is 0.00872. The molecule has 0 atom stereocenters. The zero-order chi connectivity index (χ0) is 16.6. The summed E-state index contributed by atoms with van der Waals surface area (Å²) in [5.74, 6) is -0.00872. The Bertz CT molecular complexity index is 847. The monoisotopic (exact) mass is 314 g/mol. The fourth-order valence-corrected chi connectivity index (χ4v) is 3.61. The molecular formula is C22H18O2. The summed E-state index contributed by atoms with van der Waals surface area (Å²) >= 11 is 0. The minimum atomic E-state index is -1.14. The molecule has 0 spiro atoms. The molecule has 0 saturated carbocycles. The van der Waals surface area contributed by atoms with Crippen molar-refractivity contribution in [2.45, 2.75) is 18.4 Å². The molecule has 1 N–H and O–H groups in total. The number of aryl methyl sites for hydroxylation is 1. The predicted octanol–water partition coefficient (Wildman–Crippen LogP) is 4.10. The summed E-state index contributed by atoms with van der Waals surface area (Å²) in [5.41, 5.74) is 2.67. The van der Waals surface area contributed by atoms with Crippen LogP contribution in [0.25, 0.3) is 0 Å². The van der Waals surface area contributed by atoms with Crippen LogP contribution in [0.3, 0.4) is 0 Å². The Labute approximate surface area is 141 Å². The number of hydrogen-bond donors (Lipinski definition) is 1. The van der Waals surface area contributed by atoms with Gasteiger partial charge in [-0.05, 0) is 29.5 Å². The molecule has 118 valence electrons. The Morgan fingerprint density at radius 1 is 0.708 bits per heavy atom. The zero-order valence-electron chi connectivity index (χ0n) is 13.3. The predicted molar refractivity (Wildman–Crippen MR) is 94.1 cm³/mol. The zero-order valence-corrected chi connectivity index (χ0v) is 13.3. The van der Waals surface area contributed by atoms with Crippen molar-refractivity contribution in [1.29, 1.82) is 0 Å². The van der Waals surface area contributed by atoms with E-state index in [-0.39, 0.29) is 5.78 Å². The summed E-state index contributed by atoms with van der Waals surface area (Å²) in [7, 11) is 0. The highest BCUT2D eigenvalue weighted by Gasteiger charge is 2.41. The normalized spacial score (nSPS) is 14.8.